The molecule has 0 atom stereocenters. The number of rotatable bonds is 5. The first-order valence-electron chi connectivity index (χ1n) is 7.04. The molecule has 6 nitrogen and oxygen atoms in total. The summed E-state index contributed by atoms with van der Waals surface area (Å²) in [5.41, 5.74) is -0.530. The Bertz CT molecular complexity index is 724. The minimum atomic E-state index is -1.19. The third kappa shape index (κ3) is 2.11. The molecule has 1 fully saturated rings. The molecule has 0 amide bonds. The summed E-state index contributed by atoms with van der Waals surface area (Å²) in [6.45, 7) is 0. The van der Waals surface area contributed by atoms with Gasteiger partial charge in [0, 0.05) is 5.39 Å². The maximum Gasteiger partial charge on any atom is 0.348 e. The largest absolute Gasteiger partial charge is 0.489 e. The molecule has 1 aliphatic rings. The minimum Gasteiger partial charge on any atom is -0.489 e. The Morgan fingerprint density at radius 3 is 2.45 bits per heavy atom. The van der Waals surface area contributed by atoms with Crippen molar-refractivity contribution in [1.82, 2.24) is 4.98 Å². The normalized spacial score (nSPS) is 15.9. The quantitative estimate of drug-likeness (QED) is 0.915. The maximum absolute atomic E-state index is 11.6. The van der Waals surface area contributed by atoms with E-state index in [4.69, 9.17) is 14.2 Å². The van der Waals surface area contributed by atoms with Crippen LogP contribution >= 0.6 is 0 Å². The zero-order chi connectivity index (χ0) is 15.7. The van der Waals surface area contributed by atoms with Crippen LogP contribution in [0.25, 0.3) is 10.9 Å². The van der Waals surface area contributed by atoms with Crippen molar-refractivity contribution in [3.63, 3.8) is 0 Å². The monoisotopic (exact) mass is 303 g/mol. The summed E-state index contributed by atoms with van der Waals surface area (Å²) in [7, 11) is 2.97. The first-order valence-corrected chi connectivity index (χ1v) is 7.04. The molecule has 1 N–H and O–H groups in total. The van der Waals surface area contributed by atoms with Crippen molar-refractivity contribution in [2.75, 3.05) is 14.2 Å². The lowest BCUT2D eigenvalue weighted by molar-refractivity contribution is -0.163. The Morgan fingerprint density at radius 2 is 1.91 bits per heavy atom. The van der Waals surface area contributed by atoms with Crippen LogP contribution < -0.4 is 14.2 Å². The number of carboxylic acid groups (broad SMARTS) is 1. The number of pyridine rings is 1. The fourth-order valence-electron chi connectivity index (χ4n) is 2.62. The second-order valence-corrected chi connectivity index (χ2v) is 5.26. The van der Waals surface area contributed by atoms with Crippen molar-refractivity contribution in [2.24, 2.45) is 0 Å². The van der Waals surface area contributed by atoms with E-state index in [1.807, 2.05) is 24.3 Å². The van der Waals surface area contributed by atoms with Gasteiger partial charge < -0.3 is 19.3 Å². The van der Waals surface area contributed by atoms with Crippen molar-refractivity contribution in [3.05, 3.63) is 24.3 Å². The number of carboxylic acids is 1. The average Bonchev–Trinajstić information content (AvgIpc) is 2.49. The molecule has 6 heteroatoms. The summed E-state index contributed by atoms with van der Waals surface area (Å²) in [6.07, 6.45) is 1.78. The molecule has 0 spiro atoms. The van der Waals surface area contributed by atoms with Crippen LogP contribution in [-0.4, -0.2) is 35.9 Å². The summed E-state index contributed by atoms with van der Waals surface area (Å²) >= 11 is 0. The molecule has 1 aromatic heterocycles. The lowest BCUT2D eigenvalue weighted by atomic mass is 9.80. The highest BCUT2D eigenvalue weighted by Gasteiger charge is 2.48. The van der Waals surface area contributed by atoms with Gasteiger partial charge in [-0.05, 0) is 31.4 Å². The highest BCUT2D eigenvalue weighted by Crippen LogP contribution is 2.46. The SMILES string of the molecule is COc1nc2ccccc2c(OC2(C(=O)O)CCC2)c1OC. The van der Waals surface area contributed by atoms with Gasteiger partial charge in [0.05, 0.1) is 19.7 Å². The first-order chi connectivity index (χ1) is 10.6. The summed E-state index contributed by atoms with van der Waals surface area (Å²) in [6, 6.07) is 7.34. The topological polar surface area (TPSA) is 77.9 Å². The maximum atomic E-state index is 11.6. The highest BCUT2D eigenvalue weighted by molar-refractivity contribution is 5.90. The number of carbonyl (C=O) groups is 1. The number of methoxy groups -OCH3 is 2. The first kappa shape index (κ1) is 14.4. The lowest BCUT2D eigenvalue weighted by Gasteiger charge is -2.38. The minimum absolute atomic E-state index is 0.274. The van der Waals surface area contributed by atoms with Gasteiger partial charge in [-0.3, -0.25) is 0 Å². The van der Waals surface area contributed by atoms with Gasteiger partial charge in [0.2, 0.25) is 11.4 Å². The molecule has 3 rings (SSSR count). The zero-order valence-corrected chi connectivity index (χ0v) is 12.5. The number of aliphatic carboxylic acids is 1. The van der Waals surface area contributed by atoms with Crippen LogP contribution in [0.2, 0.25) is 0 Å². The summed E-state index contributed by atoms with van der Waals surface area (Å²) in [5, 5.41) is 10.2. The van der Waals surface area contributed by atoms with Crippen molar-refractivity contribution in [1.29, 1.82) is 0 Å². The number of para-hydroxylation sites is 1. The molecule has 1 aliphatic carbocycles. The Kier molecular flexibility index (Phi) is 3.52. The third-order valence-electron chi connectivity index (χ3n) is 4.02. The van der Waals surface area contributed by atoms with E-state index < -0.39 is 11.6 Å². The van der Waals surface area contributed by atoms with Gasteiger partial charge in [-0.25, -0.2) is 9.78 Å². The average molecular weight is 303 g/mol. The van der Waals surface area contributed by atoms with Gasteiger partial charge in [0.1, 0.15) is 0 Å². The molecule has 116 valence electrons. The molecular formula is C16H17NO5. The molecule has 2 aromatic rings. The lowest BCUT2D eigenvalue weighted by Crippen LogP contribution is -2.50. The molecule has 1 saturated carbocycles. The molecule has 0 saturated heterocycles. The molecule has 0 unspecified atom stereocenters. The second-order valence-electron chi connectivity index (χ2n) is 5.26. The van der Waals surface area contributed by atoms with Crippen molar-refractivity contribution in [3.8, 4) is 17.4 Å². The Hall–Kier alpha value is -2.50. The molecule has 22 heavy (non-hydrogen) atoms. The number of ether oxygens (including phenoxy) is 3. The van der Waals surface area contributed by atoms with Crippen LogP contribution in [-0.2, 0) is 4.79 Å². The third-order valence-corrected chi connectivity index (χ3v) is 4.02. The number of nitrogens with zero attached hydrogens (tertiary/aromatic N) is 1. The number of hydrogen-bond donors (Lipinski definition) is 1. The van der Waals surface area contributed by atoms with E-state index >= 15 is 0 Å². The predicted octanol–water partition coefficient (Wildman–Crippen LogP) is 2.64. The fourth-order valence-corrected chi connectivity index (χ4v) is 2.62. The van der Waals surface area contributed by atoms with Gasteiger partial charge in [-0.2, -0.15) is 0 Å². The Balaban J connectivity index is 2.19. The number of benzene rings is 1. The number of fused-ring (bicyclic) bond motifs is 1. The van der Waals surface area contributed by atoms with Crippen LogP contribution in [0, 0.1) is 0 Å². The van der Waals surface area contributed by atoms with Gasteiger partial charge >= 0.3 is 5.97 Å². The molecule has 0 bridgehead atoms. The van der Waals surface area contributed by atoms with Crippen molar-refractivity contribution in [2.45, 2.75) is 24.9 Å². The van der Waals surface area contributed by atoms with Crippen LogP contribution in [0.3, 0.4) is 0 Å². The molecule has 1 aromatic carbocycles. The summed E-state index contributed by atoms with van der Waals surface area (Å²) in [4.78, 5) is 16.0. The van der Waals surface area contributed by atoms with Crippen LogP contribution in [0.15, 0.2) is 24.3 Å². The van der Waals surface area contributed by atoms with Crippen LogP contribution in [0.1, 0.15) is 19.3 Å². The van der Waals surface area contributed by atoms with Crippen molar-refractivity contribution < 1.29 is 24.1 Å². The van der Waals surface area contributed by atoms with Crippen LogP contribution in [0.5, 0.6) is 17.4 Å². The van der Waals surface area contributed by atoms with Crippen LogP contribution in [0.4, 0.5) is 0 Å². The molecular weight excluding hydrogens is 286 g/mol. The van der Waals surface area contributed by atoms with E-state index in [2.05, 4.69) is 4.98 Å². The van der Waals surface area contributed by atoms with E-state index in [0.29, 0.717) is 35.2 Å². The van der Waals surface area contributed by atoms with Crippen molar-refractivity contribution >= 4 is 16.9 Å². The molecule has 0 aliphatic heterocycles. The number of hydrogen-bond acceptors (Lipinski definition) is 5. The smallest absolute Gasteiger partial charge is 0.348 e. The Labute approximate surface area is 127 Å². The summed E-state index contributed by atoms with van der Waals surface area (Å²) < 4.78 is 16.5. The predicted molar refractivity (Wildman–Crippen MR) is 79.7 cm³/mol. The van der Waals surface area contributed by atoms with E-state index in [9.17, 15) is 9.90 Å². The standard InChI is InChI=1S/C16H17NO5/c1-20-13-12(22-16(15(18)19)8-5-9-16)10-6-3-4-7-11(10)17-14(13)21-2/h3-4,6-7H,5,8-9H2,1-2H3,(H,18,19). The fraction of sp³-hybridized carbons (Fsp3) is 0.375. The van der Waals surface area contributed by atoms with Gasteiger partial charge in [-0.1, -0.05) is 12.1 Å². The van der Waals surface area contributed by atoms with E-state index in [0.717, 1.165) is 6.42 Å². The second kappa shape index (κ2) is 5.36. The van der Waals surface area contributed by atoms with E-state index in [1.54, 1.807) is 0 Å². The van der Waals surface area contributed by atoms with Gasteiger partial charge in [-0.15, -0.1) is 0 Å². The molecule has 1 heterocycles. The van der Waals surface area contributed by atoms with E-state index in [1.165, 1.54) is 14.2 Å². The molecule has 0 radical (unpaired) electrons. The van der Waals surface area contributed by atoms with E-state index in [-0.39, 0.29) is 5.88 Å². The van der Waals surface area contributed by atoms with Gasteiger partial charge in [0.25, 0.3) is 5.88 Å². The number of aromatic nitrogens is 1. The highest BCUT2D eigenvalue weighted by atomic mass is 16.6. The summed E-state index contributed by atoms with van der Waals surface area (Å²) in [5.74, 6) is -0.00231. The zero-order valence-electron chi connectivity index (χ0n) is 12.5. The Morgan fingerprint density at radius 1 is 1.18 bits per heavy atom. The van der Waals surface area contributed by atoms with Gasteiger partial charge in [0.15, 0.2) is 5.75 Å².